The number of aliphatic hydroxyl groups excluding tert-OH is 1. The van der Waals surface area contributed by atoms with Crippen LogP contribution in [0.3, 0.4) is 0 Å². The maximum absolute atomic E-state index is 12.3. The summed E-state index contributed by atoms with van der Waals surface area (Å²) in [5.41, 5.74) is 1.49. The molecule has 22 heavy (non-hydrogen) atoms. The highest BCUT2D eigenvalue weighted by Crippen LogP contribution is 2.33. The van der Waals surface area contributed by atoms with Crippen molar-refractivity contribution < 1.29 is 14.6 Å². The molecule has 1 aliphatic heterocycles. The Bertz CT molecular complexity index is 689. The lowest BCUT2D eigenvalue weighted by atomic mass is 10.0. The molecular weight excluding hydrogens is 302 g/mol. The second-order valence-corrected chi connectivity index (χ2v) is 5.59. The highest BCUT2D eigenvalue weighted by atomic mass is 35.5. The minimum atomic E-state index is -0.838. The lowest BCUT2D eigenvalue weighted by Crippen LogP contribution is -2.33. The summed E-state index contributed by atoms with van der Waals surface area (Å²) < 4.78 is 5.50. The van der Waals surface area contributed by atoms with Gasteiger partial charge in [-0.3, -0.25) is 4.79 Å². The fourth-order valence-corrected chi connectivity index (χ4v) is 2.82. The predicted molar refractivity (Wildman–Crippen MR) is 84.1 cm³/mol. The van der Waals surface area contributed by atoms with Crippen molar-refractivity contribution in [3.8, 4) is 5.75 Å². The first-order chi connectivity index (χ1) is 10.7. The van der Waals surface area contributed by atoms with Gasteiger partial charge in [-0.25, -0.2) is 0 Å². The Morgan fingerprint density at radius 3 is 2.82 bits per heavy atom. The maximum atomic E-state index is 12.3. The van der Waals surface area contributed by atoms with Crippen LogP contribution >= 0.6 is 11.6 Å². The van der Waals surface area contributed by atoms with Crippen LogP contribution in [0.2, 0.25) is 5.02 Å². The standard InChI is InChI=1S/C17H16ClNO3/c18-14-7-3-1-6-12(14)15(20)9-19-17(21)13-10-22-16-8-4-2-5-11(13)16/h1-8,13,15,20H,9-10H2,(H,19,21)/t13-,15-/m0/s1. The number of carbonyl (C=O) groups is 1. The van der Waals surface area contributed by atoms with Gasteiger partial charge in [0.05, 0.1) is 6.10 Å². The lowest BCUT2D eigenvalue weighted by Gasteiger charge is -2.15. The van der Waals surface area contributed by atoms with Crippen molar-refractivity contribution in [2.75, 3.05) is 13.2 Å². The van der Waals surface area contributed by atoms with Gasteiger partial charge >= 0.3 is 0 Å². The molecule has 0 fully saturated rings. The Hall–Kier alpha value is -2.04. The molecule has 114 valence electrons. The van der Waals surface area contributed by atoms with Gasteiger partial charge < -0.3 is 15.2 Å². The average molecular weight is 318 g/mol. The third-order valence-corrected chi connectivity index (χ3v) is 4.09. The number of rotatable bonds is 4. The van der Waals surface area contributed by atoms with E-state index in [0.29, 0.717) is 17.2 Å². The SMILES string of the molecule is O=C(NC[C@H](O)c1ccccc1Cl)[C@H]1COc2ccccc21. The van der Waals surface area contributed by atoms with Crippen molar-refractivity contribution in [1.82, 2.24) is 5.32 Å². The average Bonchev–Trinajstić information content (AvgIpc) is 2.97. The van der Waals surface area contributed by atoms with Crippen LogP contribution in [0.5, 0.6) is 5.75 Å². The van der Waals surface area contributed by atoms with E-state index in [1.54, 1.807) is 24.3 Å². The molecule has 1 amide bonds. The Kier molecular flexibility index (Phi) is 4.32. The van der Waals surface area contributed by atoms with Crippen molar-refractivity contribution in [3.05, 3.63) is 64.7 Å². The van der Waals surface area contributed by atoms with Gasteiger partial charge in [-0.15, -0.1) is 0 Å². The van der Waals surface area contributed by atoms with Gasteiger partial charge in [0.2, 0.25) is 5.91 Å². The molecule has 0 spiro atoms. The molecule has 0 saturated heterocycles. The molecule has 1 aliphatic rings. The molecule has 2 aromatic carbocycles. The first kappa shape index (κ1) is 14.9. The summed E-state index contributed by atoms with van der Waals surface area (Å²) in [7, 11) is 0. The van der Waals surface area contributed by atoms with Crippen molar-refractivity contribution in [2.24, 2.45) is 0 Å². The quantitative estimate of drug-likeness (QED) is 0.911. The van der Waals surface area contributed by atoms with E-state index in [1.807, 2.05) is 24.3 Å². The number of para-hydroxylation sites is 1. The van der Waals surface area contributed by atoms with Gasteiger partial charge in [-0.2, -0.15) is 0 Å². The van der Waals surface area contributed by atoms with Gasteiger partial charge in [-0.05, 0) is 12.1 Å². The Balaban J connectivity index is 1.63. The van der Waals surface area contributed by atoms with Crippen LogP contribution in [-0.4, -0.2) is 24.2 Å². The molecular formula is C17H16ClNO3. The minimum absolute atomic E-state index is 0.112. The summed E-state index contributed by atoms with van der Waals surface area (Å²) in [4.78, 5) is 12.3. The van der Waals surface area contributed by atoms with E-state index in [9.17, 15) is 9.90 Å². The maximum Gasteiger partial charge on any atom is 0.231 e. The van der Waals surface area contributed by atoms with Crippen LogP contribution in [0.25, 0.3) is 0 Å². The predicted octanol–water partition coefficient (Wildman–Crippen LogP) is 2.67. The van der Waals surface area contributed by atoms with E-state index < -0.39 is 6.10 Å². The number of fused-ring (bicyclic) bond motifs is 1. The number of ether oxygens (including phenoxy) is 1. The normalized spacial score (nSPS) is 17.5. The van der Waals surface area contributed by atoms with E-state index in [0.717, 1.165) is 11.3 Å². The molecule has 0 aromatic heterocycles. The third-order valence-electron chi connectivity index (χ3n) is 3.75. The fourth-order valence-electron chi connectivity index (χ4n) is 2.56. The third kappa shape index (κ3) is 2.93. The van der Waals surface area contributed by atoms with Crippen molar-refractivity contribution in [2.45, 2.75) is 12.0 Å². The summed E-state index contributed by atoms with van der Waals surface area (Å²) in [6, 6.07) is 14.5. The Morgan fingerprint density at radius 1 is 1.27 bits per heavy atom. The molecule has 2 atom stereocenters. The second-order valence-electron chi connectivity index (χ2n) is 5.18. The number of carbonyl (C=O) groups excluding carboxylic acids is 1. The summed E-state index contributed by atoms with van der Waals surface area (Å²) in [5, 5.41) is 13.4. The number of hydrogen-bond acceptors (Lipinski definition) is 3. The molecule has 4 nitrogen and oxygen atoms in total. The number of nitrogens with one attached hydrogen (secondary N) is 1. The number of hydrogen-bond donors (Lipinski definition) is 2. The summed E-state index contributed by atoms with van der Waals surface area (Å²) in [5.74, 6) is 0.250. The molecule has 1 heterocycles. The topological polar surface area (TPSA) is 58.6 Å². The zero-order valence-electron chi connectivity index (χ0n) is 11.8. The van der Waals surface area contributed by atoms with Crippen LogP contribution in [-0.2, 0) is 4.79 Å². The summed E-state index contributed by atoms with van der Waals surface area (Å²) in [6.07, 6.45) is -0.838. The zero-order valence-corrected chi connectivity index (χ0v) is 12.6. The van der Waals surface area contributed by atoms with Crippen LogP contribution in [0.15, 0.2) is 48.5 Å². The smallest absolute Gasteiger partial charge is 0.231 e. The number of benzene rings is 2. The van der Waals surface area contributed by atoms with Crippen LogP contribution in [0, 0.1) is 0 Å². The largest absolute Gasteiger partial charge is 0.492 e. The lowest BCUT2D eigenvalue weighted by molar-refractivity contribution is -0.123. The summed E-state index contributed by atoms with van der Waals surface area (Å²) >= 11 is 6.04. The number of aliphatic hydroxyl groups is 1. The minimum Gasteiger partial charge on any atom is -0.492 e. The van der Waals surface area contributed by atoms with E-state index in [2.05, 4.69) is 5.32 Å². The van der Waals surface area contributed by atoms with Gasteiger partial charge in [0.1, 0.15) is 18.3 Å². The first-order valence-corrected chi connectivity index (χ1v) is 7.46. The Labute approximate surface area is 133 Å². The van der Waals surface area contributed by atoms with Crippen molar-refractivity contribution >= 4 is 17.5 Å². The van der Waals surface area contributed by atoms with Gasteiger partial charge in [0.15, 0.2) is 0 Å². The molecule has 3 rings (SSSR count). The van der Waals surface area contributed by atoms with Crippen LogP contribution < -0.4 is 10.1 Å². The van der Waals surface area contributed by atoms with Crippen LogP contribution in [0.1, 0.15) is 23.1 Å². The van der Waals surface area contributed by atoms with E-state index in [1.165, 1.54) is 0 Å². The highest BCUT2D eigenvalue weighted by Gasteiger charge is 2.30. The molecule has 2 N–H and O–H groups in total. The van der Waals surface area contributed by atoms with E-state index in [-0.39, 0.29) is 18.4 Å². The summed E-state index contributed by atoms with van der Waals surface area (Å²) in [6.45, 7) is 0.439. The molecule has 0 aliphatic carbocycles. The van der Waals surface area contributed by atoms with Crippen molar-refractivity contribution in [3.63, 3.8) is 0 Å². The highest BCUT2D eigenvalue weighted by molar-refractivity contribution is 6.31. The number of halogens is 1. The monoisotopic (exact) mass is 317 g/mol. The molecule has 0 radical (unpaired) electrons. The Morgan fingerprint density at radius 2 is 2.00 bits per heavy atom. The van der Waals surface area contributed by atoms with Gasteiger partial charge in [-0.1, -0.05) is 48.0 Å². The van der Waals surface area contributed by atoms with Gasteiger partial charge in [0.25, 0.3) is 0 Å². The molecule has 2 aromatic rings. The van der Waals surface area contributed by atoms with E-state index in [4.69, 9.17) is 16.3 Å². The fraction of sp³-hybridized carbons (Fsp3) is 0.235. The zero-order chi connectivity index (χ0) is 15.5. The first-order valence-electron chi connectivity index (χ1n) is 7.08. The van der Waals surface area contributed by atoms with Gasteiger partial charge in [0, 0.05) is 22.7 Å². The molecule has 5 heteroatoms. The molecule has 0 bridgehead atoms. The molecule has 0 saturated carbocycles. The number of amides is 1. The van der Waals surface area contributed by atoms with Crippen molar-refractivity contribution in [1.29, 1.82) is 0 Å². The molecule has 0 unspecified atom stereocenters. The van der Waals surface area contributed by atoms with Crippen LogP contribution in [0.4, 0.5) is 0 Å². The second kappa shape index (κ2) is 6.38. The van der Waals surface area contributed by atoms with E-state index >= 15 is 0 Å².